The van der Waals surface area contributed by atoms with Crippen LogP contribution in [0.15, 0.2) is 24.3 Å². The predicted molar refractivity (Wildman–Crippen MR) is 56.7 cm³/mol. The van der Waals surface area contributed by atoms with E-state index >= 15 is 0 Å². The minimum atomic E-state index is -0.267. The van der Waals surface area contributed by atoms with Gasteiger partial charge in [-0.2, -0.15) is 0 Å². The molecule has 0 spiro atoms. The fourth-order valence-corrected chi connectivity index (χ4v) is 1.80. The molecule has 0 atom stereocenters. The van der Waals surface area contributed by atoms with Gasteiger partial charge in [0.25, 0.3) is 0 Å². The number of nitrogens with two attached hydrogens (primary N) is 1. The number of carbonyl (C=O) groups excluding carboxylic acids is 1. The Morgan fingerprint density at radius 3 is 3.07 bits per heavy atom. The molecule has 0 aromatic heterocycles. The SMILES string of the molecule is NC(=O)Cc1ccc2c(c1)CCC=C2. The third kappa shape index (κ3) is 1.84. The van der Waals surface area contributed by atoms with Crippen molar-refractivity contribution in [2.45, 2.75) is 19.3 Å². The van der Waals surface area contributed by atoms with Crippen LogP contribution < -0.4 is 5.73 Å². The summed E-state index contributed by atoms with van der Waals surface area (Å²) in [5.74, 6) is -0.267. The Balaban J connectivity index is 2.30. The molecule has 0 radical (unpaired) electrons. The molecular weight excluding hydrogens is 174 g/mol. The molecule has 1 aliphatic rings. The Kier molecular flexibility index (Phi) is 2.35. The monoisotopic (exact) mass is 187 g/mol. The smallest absolute Gasteiger partial charge is 0.221 e. The van der Waals surface area contributed by atoms with E-state index in [1.165, 1.54) is 11.1 Å². The van der Waals surface area contributed by atoms with Crippen LogP contribution in [0.5, 0.6) is 0 Å². The molecule has 0 bridgehead atoms. The molecule has 1 aromatic rings. The minimum absolute atomic E-state index is 0.267. The summed E-state index contributed by atoms with van der Waals surface area (Å²) >= 11 is 0. The van der Waals surface area contributed by atoms with Gasteiger partial charge in [0.15, 0.2) is 0 Å². The molecule has 2 rings (SSSR count). The second-order valence-corrected chi connectivity index (χ2v) is 3.62. The molecule has 2 heteroatoms. The zero-order chi connectivity index (χ0) is 9.97. The van der Waals surface area contributed by atoms with Crippen molar-refractivity contribution in [2.75, 3.05) is 0 Å². The second kappa shape index (κ2) is 3.66. The summed E-state index contributed by atoms with van der Waals surface area (Å²) in [5, 5.41) is 0. The third-order valence-corrected chi connectivity index (χ3v) is 2.46. The van der Waals surface area contributed by atoms with Crippen molar-refractivity contribution in [2.24, 2.45) is 5.73 Å². The molecule has 2 nitrogen and oxygen atoms in total. The van der Waals surface area contributed by atoms with Crippen LogP contribution in [0, 0.1) is 0 Å². The van der Waals surface area contributed by atoms with Gasteiger partial charge in [0.1, 0.15) is 0 Å². The number of carbonyl (C=O) groups is 1. The molecular formula is C12H13NO. The van der Waals surface area contributed by atoms with Gasteiger partial charge >= 0.3 is 0 Å². The number of primary amides is 1. The fraction of sp³-hybridized carbons (Fsp3) is 0.250. The second-order valence-electron chi connectivity index (χ2n) is 3.62. The normalized spacial score (nSPS) is 13.7. The molecule has 0 unspecified atom stereocenters. The van der Waals surface area contributed by atoms with Crippen molar-refractivity contribution in [1.82, 2.24) is 0 Å². The van der Waals surface area contributed by atoms with Crippen LogP contribution in [0.2, 0.25) is 0 Å². The molecule has 1 aromatic carbocycles. The first-order chi connectivity index (χ1) is 6.75. The predicted octanol–water partition coefficient (Wildman–Crippen LogP) is 1.67. The number of hydrogen-bond acceptors (Lipinski definition) is 1. The maximum atomic E-state index is 10.7. The first-order valence-corrected chi connectivity index (χ1v) is 4.82. The number of hydrogen-bond donors (Lipinski definition) is 1. The zero-order valence-corrected chi connectivity index (χ0v) is 7.99. The van der Waals surface area contributed by atoms with Gasteiger partial charge in [-0.25, -0.2) is 0 Å². The summed E-state index contributed by atoms with van der Waals surface area (Å²) in [4.78, 5) is 10.7. The molecule has 0 aliphatic heterocycles. The molecule has 72 valence electrons. The van der Waals surface area contributed by atoms with Gasteiger partial charge in [-0.15, -0.1) is 0 Å². The Bertz CT molecular complexity index is 393. The largest absolute Gasteiger partial charge is 0.369 e. The van der Waals surface area contributed by atoms with Crippen molar-refractivity contribution in [3.8, 4) is 0 Å². The molecule has 0 saturated carbocycles. The minimum Gasteiger partial charge on any atom is -0.369 e. The quantitative estimate of drug-likeness (QED) is 0.752. The number of allylic oxidation sites excluding steroid dienone is 1. The van der Waals surface area contributed by atoms with Crippen molar-refractivity contribution in [3.63, 3.8) is 0 Å². The summed E-state index contributed by atoms with van der Waals surface area (Å²) in [6.07, 6.45) is 6.81. The van der Waals surface area contributed by atoms with Gasteiger partial charge in [0, 0.05) is 0 Å². The van der Waals surface area contributed by atoms with Gasteiger partial charge < -0.3 is 5.73 Å². The summed E-state index contributed by atoms with van der Waals surface area (Å²) in [6.45, 7) is 0. The Hall–Kier alpha value is -1.57. The zero-order valence-electron chi connectivity index (χ0n) is 7.99. The number of rotatable bonds is 2. The first-order valence-electron chi connectivity index (χ1n) is 4.82. The lowest BCUT2D eigenvalue weighted by molar-refractivity contribution is -0.117. The van der Waals surface area contributed by atoms with E-state index in [4.69, 9.17) is 5.73 Å². The lowest BCUT2D eigenvalue weighted by atomic mass is 9.94. The van der Waals surface area contributed by atoms with E-state index in [1.807, 2.05) is 6.07 Å². The number of fused-ring (bicyclic) bond motifs is 1. The van der Waals surface area contributed by atoms with Gasteiger partial charge in [0.05, 0.1) is 6.42 Å². The Morgan fingerprint density at radius 2 is 2.29 bits per heavy atom. The number of benzene rings is 1. The van der Waals surface area contributed by atoms with Crippen molar-refractivity contribution in [3.05, 3.63) is 41.0 Å². The lowest BCUT2D eigenvalue weighted by Crippen LogP contribution is -2.13. The molecule has 0 saturated heterocycles. The maximum absolute atomic E-state index is 10.7. The van der Waals surface area contributed by atoms with Crippen LogP contribution >= 0.6 is 0 Å². The van der Waals surface area contributed by atoms with Crippen LogP contribution in [0.4, 0.5) is 0 Å². The van der Waals surface area contributed by atoms with Crippen molar-refractivity contribution < 1.29 is 4.79 Å². The van der Waals surface area contributed by atoms with E-state index in [0.717, 1.165) is 18.4 Å². The van der Waals surface area contributed by atoms with Crippen molar-refractivity contribution >= 4 is 12.0 Å². The average Bonchev–Trinajstić information content (AvgIpc) is 2.17. The summed E-state index contributed by atoms with van der Waals surface area (Å²) in [6, 6.07) is 6.12. The Labute approximate surface area is 83.4 Å². The lowest BCUT2D eigenvalue weighted by Gasteiger charge is -2.11. The van der Waals surface area contributed by atoms with E-state index in [-0.39, 0.29) is 5.91 Å². The van der Waals surface area contributed by atoms with E-state index < -0.39 is 0 Å². The topological polar surface area (TPSA) is 43.1 Å². The summed E-state index contributed by atoms with van der Waals surface area (Å²) in [7, 11) is 0. The first kappa shape index (κ1) is 9.00. The van der Waals surface area contributed by atoms with Gasteiger partial charge in [0.2, 0.25) is 5.91 Å². The highest BCUT2D eigenvalue weighted by Crippen LogP contribution is 2.20. The standard InChI is InChI=1S/C12H13NO/c13-12(14)8-9-5-6-10-3-1-2-4-11(10)7-9/h1,3,5-7H,2,4,8H2,(H2,13,14). The van der Waals surface area contributed by atoms with E-state index in [9.17, 15) is 4.79 Å². The molecule has 1 aliphatic carbocycles. The van der Waals surface area contributed by atoms with Crippen LogP contribution in [0.1, 0.15) is 23.1 Å². The van der Waals surface area contributed by atoms with Crippen molar-refractivity contribution in [1.29, 1.82) is 0 Å². The summed E-state index contributed by atoms with van der Waals surface area (Å²) in [5.41, 5.74) is 8.76. The third-order valence-electron chi connectivity index (χ3n) is 2.46. The molecule has 1 amide bonds. The molecule has 2 N–H and O–H groups in total. The molecule has 0 heterocycles. The van der Waals surface area contributed by atoms with Gasteiger partial charge in [-0.3, -0.25) is 4.79 Å². The molecule has 14 heavy (non-hydrogen) atoms. The van der Waals surface area contributed by atoms with Crippen LogP contribution in [0.25, 0.3) is 6.08 Å². The highest BCUT2D eigenvalue weighted by atomic mass is 16.1. The maximum Gasteiger partial charge on any atom is 0.221 e. The van der Waals surface area contributed by atoms with Crippen LogP contribution in [0.3, 0.4) is 0 Å². The van der Waals surface area contributed by atoms with E-state index in [0.29, 0.717) is 6.42 Å². The summed E-state index contributed by atoms with van der Waals surface area (Å²) < 4.78 is 0. The fourth-order valence-electron chi connectivity index (χ4n) is 1.80. The highest BCUT2D eigenvalue weighted by Gasteiger charge is 2.06. The average molecular weight is 187 g/mol. The van der Waals surface area contributed by atoms with E-state index in [1.54, 1.807) is 0 Å². The van der Waals surface area contributed by atoms with Gasteiger partial charge in [-0.05, 0) is 29.5 Å². The number of aryl methyl sites for hydroxylation is 1. The van der Waals surface area contributed by atoms with Crippen LogP contribution in [-0.4, -0.2) is 5.91 Å². The Morgan fingerprint density at radius 1 is 1.43 bits per heavy atom. The number of amides is 1. The highest BCUT2D eigenvalue weighted by molar-refractivity contribution is 5.76. The van der Waals surface area contributed by atoms with E-state index in [2.05, 4.69) is 24.3 Å². The van der Waals surface area contributed by atoms with Gasteiger partial charge in [-0.1, -0.05) is 30.4 Å². The van der Waals surface area contributed by atoms with Crippen LogP contribution in [-0.2, 0) is 17.6 Å². The molecule has 0 fully saturated rings.